The number of rotatable bonds is 2. The molecule has 7 heteroatoms. The van der Waals surface area contributed by atoms with Gasteiger partial charge in [-0.2, -0.15) is 4.39 Å². The van der Waals surface area contributed by atoms with Gasteiger partial charge >= 0.3 is 0 Å². The molecule has 0 aliphatic carbocycles. The fourth-order valence-corrected chi connectivity index (χ4v) is 2.62. The van der Waals surface area contributed by atoms with E-state index in [2.05, 4.69) is 20.3 Å². The molecular formula is C16H13FN6. The molecule has 0 atom stereocenters. The summed E-state index contributed by atoms with van der Waals surface area (Å²) < 4.78 is 17.3. The molecule has 0 aliphatic rings. The zero-order chi connectivity index (χ0) is 16.0. The Morgan fingerprint density at radius 2 is 1.96 bits per heavy atom. The van der Waals surface area contributed by atoms with Crippen LogP contribution in [0.4, 0.5) is 4.39 Å². The van der Waals surface area contributed by atoms with E-state index in [-0.39, 0.29) is 5.69 Å². The van der Waals surface area contributed by atoms with Crippen LogP contribution in [0.5, 0.6) is 0 Å². The molecule has 0 bridgehead atoms. The minimum absolute atomic E-state index is 0.281. The predicted molar refractivity (Wildman–Crippen MR) is 82.8 cm³/mol. The first kappa shape index (κ1) is 13.6. The summed E-state index contributed by atoms with van der Waals surface area (Å²) in [7, 11) is 0. The van der Waals surface area contributed by atoms with Crippen LogP contribution >= 0.6 is 0 Å². The van der Waals surface area contributed by atoms with Crippen LogP contribution in [-0.2, 0) is 0 Å². The molecule has 6 nitrogen and oxygen atoms in total. The predicted octanol–water partition coefficient (Wildman–Crippen LogP) is 2.73. The second-order valence-corrected chi connectivity index (χ2v) is 5.31. The first-order chi connectivity index (χ1) is 11.1. The standard InChI is InChI=1S/C16H13FN6/c1-10-8-22-9-12(5-6-14(22)19-10)15-11(2)23(21-20-15)13-4-3-7-18-16(13)17/h3-9H,1-2H3. The molecule has 0 fully saturated rings. The highest BCUT2D eigenvalue weighted by atomic mass is 19.1. The lowest BCUT2D eigenvalue weighted by atomic mass is 10.2. The summed E-state index contributed by atoms with van der Waals surface area (Å²) in [6.07, 6.45) is 5.29. The Labute approximate surface area is 131 Å². The third-order valence-electron chi connectivity index (χ3n) is 3.71. The van der Waals surface area contributed by atoms with Gasteiger partial charge < -0.3 is 4.40 Å². The summed E-state index contributed by atoms with van der Waals surface area (Å²) in [5.74, 6) is -0.576. The second kappa shape index (κ2) is 4.98. The van der Waals surface area contributed by atoms with Gasteiger partial charge in [0.05, 0.1) is 11.4 Å². The maximum absolute atomic E-state index is 13.9. The van der Waals surface area contributed by atoms with E-state index in [9.17, 15) is 4.39 Å². The largest absolute Gasteiger partial charge is 0.306 e. The normalized spacial score (nSPS) is 11.3. The molecule has 4 heterocycles. The van der Waals surface area contributed by atoms with E-state index in [1.165, 1.54) is 10.9 Å². The van der Waals surface area contributed by atoms with Crippen LogP contribution in [0.2, 0.25) is 0 Å². The smallest absolute Gasteiger partial charge is 0.238 e. The lowest BCUT2D eigenvalue weighted by molar-refractivity contribution is 0.564. The third-order valence-corrected chi connectivity index (χ3v) is 3.71. The van der Waals surface area contributed by atoms with Crippen molar-refractivity contribution in [2.24, 2.45) is 0 Å². The Morgan fingerprint density at radius 3 is 2.78 bits per heavy atom. The van der Waals surface area contributed by atoms with Crippen molar-refractivity contribution >= 4 is 5.65 Å². The molecule has 4 rings (SSSR count). The molecule has 0 radical (unpaired) electrons. The average molecular weight is 308 g/mol. The quantitative estimate of drug-likeness (QED) is 0.534. The number of imidazole rings is 1. The summed E-state index contributed by atoms with van der Waals surface area (Å²) in [5.41, 5.74) is 4.43. The monoisotopic (exact) mass is 308 g/mol. The minimum Gasteiger partial charge on any atom is -0.306 e. The zero-order valence-electron chi connectivity index (χ0n) is 12.6. The van der Waals surface area contributed by atoms with Crippen LogP contribution < -0.4 is 0 Å². The summed E-state index contributed by atoms with van der Waals surface area (Å²) in [6.45, 7) is 3.80. The number of aryl methyl sites for hydroxylation is 1. The Kier molecular flexibility index (Phi) is 2.94. The Bertz CT molecular complexity index is 1020. The molecule has 23 heavy (non-hydrogen) atoms. The highest BCUT2D eigenvalue weighted by Gasteiger charge is 2.15. The van der Waals surface area contributed by atoms with Gasteiger partial charge in [0.15, 0.2) is 0 Å². The Morgan fingerprint density at radius 1 is 1.09 bits per heavy atom. The van der Waals surface area contributed by atoms with Crippen molar-refractivity contribution in [2.45, 2.75) is 13.8 Å². The van der Waals surface area contributed by atoms with Gasteiger partial charge in [-0.1, -0.05) is 5.21 Å². The third kappa shape index (κ3) is 2.17. The van der Waals surface area contributed by atoms with E-state index in [1.54, 1.807) is 12.1 Å². The second-order valence-electron chi connectivity index (χ2n) is 5.31. The Balaban J connectivity index is 1.84. The first-order valence-corrected chi connectivity index (χ1v) is 7.12. The molecule has 0 aliphatic heterocycles. The van der Waals surface area contributed by atoms with Gasteiger partial charge in [-0.25, -0.2) is 14.6 Å². The summed E-state index contributed by atoms with van der Waals surface area (Å²) in [5, 5.41) is 8.27. The number of fused-ring (bicyclic) bond motifs is 1. The topological polar surface area (TPSA) is 60.9 Å². The van der Waals surface area contributed by atoms with Gasteiger partial charge in [0, 0.05) is 24.2 Å². The fraction of sp³-hybridized carbons (Fsp3) is 0.125. The van der Waals surface area contributed by atoms with E-state index in [0.717, 1.165) is 22.6 Å². The molecule has 0 N–H and O–H groups in total. The average Bonchev–Trinajstić information content (AvgIpc) is 3.09. The van der Waals surface area contributed by atoms with Gasteiger partial charge in [0.1, 0.15) is 17.0 Å². The highest BCUT2D eigenvalue weighted by molar-refractivity contribution is 5.63. The summed E-state index contributed by atoms with van der Waals surface area (Å²) in [4.78, 5) is 8.05. The number of nitrogens with zero attached hydrogens (tertiary/aromatic N) is 6. The minimum atomic E-state index is -0.576. The molecule has 0 spiro atoms. The van der Waals surface area contributed by atoms with E-state index in [0.29, 0.717) is 5.69 Å². The van der Waals surface area contributed by atoms with Crippen LogP contribution in [0.15, 0.2) is 42.9 Å². The summed E-state index contributed by atoms with van der Waals surface area (Å²) >= 11 is 0. The molecule has 0 unspecified atom stereocenters. The highest BCUT2D eigenvalue weighted by Crippen LogP contribution is 2.23. The van der Waals surface area contributed by atoms with Gasteiger partial charge in [0.25, 0.3) is 0 Å². The number of hydrogen-bond acceptors (Lipinski definition) is 4. The molecule has 114 valence electrons. The molecule has 0 saturated heterocycles. The van der Waals surface area contributed by atoms with Crippen molar-refractivity contribution in [1.29, 1.82) is 0 Å². The lowest BCUT2D eigenvalue weighted by Gasteiger charge is -2.04. The summed E-state index contributed by atoms with van der Waals surface area (Å²) in [6, 6.07) is 7.14. The molecule has 0 amide bonds. The van der Waals surface area contributed by atoms with Crippen molar-refractivity contribution in [3.63, 3.8) is 0 Å². The number of halogens is 1. The van der Waals surface area contributed by atoms with Crippen molar-refractivity contribution in [3.8, 4) is 16.9 Å². The van der Waals surface area contributed by atoms with Crippen molar-refractivity contribution < 1.29 is 4.39 Å². The molecular weight excluding hydrogens is 295 g/mol. The number of pyridine rings is 2. The van der Waals surface area contributed by atoms with Crippen LogP contribution in [0.25, 0.3) is 22.6 Å². The van der Waals surface area contributed by atoms with Gasteiger partial charge in [-0.3, -0.25) is 0 Å². The zero-order valence-corrected chi connectivity index (χ0v) is 12.6. The number of aromatic nitrogens is 6. The SMILES string of the molecule is Cc1cn2cc(-c3nnn(-c4cccnc4F)c3C)ccc2n1. The first-order valence-electron chi connectivity index (χ1n) is 7.12. The van der Waals surface area contributed by atoms with Gasteiger partial charge in [0.2, 0.25) is 5.95 Å². The van der Waals surface area contributed by atoms with Crippen LogP contribution in [0, 0.1) is 19.8 Å². The van der Waals surface area contributed by atoms with Gasteiger partial charge in [-0.05, 0) is 38.1 Å². The van der Waals surface area contributed by atoms with Crippen LogP contribution in [0.3, 0.4) is 0 Å². The number of hydrogen-bond donors (Lipinski definition) is 0. The van der Waals surface area contributed by atoms with Crippen molar-refractivity contribution in [3.05, 3.63) is 60.2 Å². The Hall–Kier alpha value is -3.09. The molecule has 4 aromatic rings. The molecule has 0 aromatic carbocycles. The van der Waals surface area contributed by atoms with E-state index < -0.39 is 5.95 Å². The van der Waals surface area contributed by atoms with E-state index in [1.807, 2.05) is 42.8 Å². The maximum Gasteiger partial charge on any atom is 0.238 e. The van der Waals surface area contributed by atoms with E-state index in [4.69, 9.17) is 0 Å². The fourth-order valence-electron chi connectivity index (χ4n) is 2.62. The van der Waals surface area contributed by atoms with E-state index >= 15 is 0 Å². The lowest BCUT2D eigenvalue weighted by Crippen LogP contribution is -2.03. The molecule has 0 saturated carbocycles. The van der Waals surface area contributed by atoms with Gasteiger partial charge in [-0.15, -0.1) is 5.10 Å². The van der Waals surface area contributed by atoms with Crippen molar-refractivity contribution in [2.75, 3.05) is 0 Å². The van der Waals surface area contributed by atoms with Crippen LogP contribution in [0.1, 0.15) is 11.4 Å². The van der Waals surface area contributed by atoms with Crippen LogP contribution in [-0.4, -0.2) is 29.4 Å². The molecule has 4 aromatic heterocycles. The van der Waals surface area contributed by atoms with Crippen molar-refractivity contribution in [1.82, 2.24) is 29.4 Å². The maximum atomic E-state index is 13.9.